The second-order valence-corrected chi connectivity index (χ2v) is 5.99. The van der Waals surface area contributed by atoms with Crippen LogP contribution in [0.5, 0.6) is 0 Å². The van der Waals surface area contributed by atoms with Gasteiger partial charge in [-0.05, 0) is 5.92 Å². The van der Waals surface area contributed by atoms with Gasteiger partial charge in [0, 0.05) is 0 Å². The molecule has 1 saturated heterocycles. The van der Waals surface area contributed by atoms with Crippen LogP contribution in [0.1, 0.15) is 13.8 Å². The van der Waals surface area contributed by atoms with E-state index in [-0.39, 0.29) is 42.1 Å². The fourth-order valence-corrected chi connectivity index (χ4v) is 1.93. The summed E-state index contributed by atoms with van der Waals surface area (Å²) in [5, 5.41) is 29.0. The normalized spacial score (nSPS) is 33.8. The van der Waals surface area contributed by atoms with E-state index in [4.69, 9.17) is 9.47 Å². The molecule has 9 nitrogen and oxygen atoms in total. The van der Waals surface area contributed by atoms with Gasteiger partial charge in [0.25, 0.3) is 0 Å². The zero-order valence-corrected chi connectivity index (χ0v) is 14.9. The molecule has 1 fully saturated rings. The Morgan fingerprint density at radius 2 is 1.76 bits per heavy atom. The Balaban J connectivity index is 0.00000400. The van der Waals surface area contributed by atoms with Crippen LogP contribution in [0.15, 0.2) is 0 Å². The van der Waals surface area contributed by atoms with Crippen molar-refractivity contribution >= 4 is 10.4 Å². The van der Waals surface area contributed by atoms with Crippen LogP contribution in [0.2, 0.25) is 0 Å². The van der Waals surface area contributed by atoms with E-state index in [1.54, 1.807) is 0 Å². The van der Waals surface area contributed by atoms with Gasteiger partial charge in [-0.15, -0.1) is 0 Å². The monoisotopic (exact) mass is 338 g/mol. The fourth-order valence-electron chi connectivity index (χ4n) is 1.63. The minimum Gasteiger partial charge on any atom is -0.726 e. The molecule has 1 aliphatic rings. The van der Waals surface area contributed by atoms with E-state index < -0.39 is 47.7 Å². The van der Waals surface area contributed by atoms with E-state index in [1.165, 1.54) is 0 Å². The predicted molar refractivity (Wildman–Crippen MR) is 63.1 cm³/mol. The first-order chi connectivity index (χ1) is 9.11. The third kappa shape index (κ3) is 7.18. The number of rotatable bonds is 6. The maximum atomic E-state index is 10.4. The SMILES string of the molecule is CC(C)CO[C@H]1O[C@H](COS(=O)(=O)[O-])[C@H](O)[C@H](O)[C@H]1O.[Na+]. The summed E-state index contributed by atoms with van der Waals surface area (Å²) in [6.45, 7) is 3.15. The van der Waals surface area contributed by atoms with Crippen molar-refractivity contribution in [2.75, 3.05) is 13.2 Å². The van der Waals surface area contributed by atoms with Gasteiger partial charge in [-0.1, -0.05) is 13.8 Å². The molecule has 11 heteroatoms. The molecule has 0 saturated carbocycles. The molecule has 0 spiro atoms. The number of hydrogen-bond acceptors (Lipinski definition) is 9. The number of ether oxygens (including phenoxy) is 2. The van der Waals surface area contributed by atoms with Crippen molar-refractivity contribution in [1.29, 1.82) is 0 Å². The van der Waals surface area contributed by atoms with Gasteiger partial charge in [0.1, 0.15) is 24.4 Å². The van der Waals surface area contributed by atoms with Gasteiger partial charge in [-0.3, -0.25) is 4.18 Å². The second kappa shape index (κ2) is 9.08. The second-order valence-electron chi connectivity index (χ2n) is 4.93. The van der Waals surface area contributed by atoms with Crippen LogP contribution in [0.25, 0.3) is 0 Å². The molecule has 0 bridgehead atoms. The standard InChI is InChI=1S/C10H20O9S.Na/c1-5(2)3-17-10-9(13)8(12)7(11)6(19-10)4-18-20(14,15)16;/h5-13H,3-4H2,1-2H3,(H,14,15,16);/q;+1/p-1/t6-,7+,8+,9-,10+;/m1./s1. The van der Waals surface area contributed by atoms with Crippen molar-refractivity contribution in [3.8, 4) is 0 Å². The molecule has 21 heavy (non-hydrogen) atoms. The van der Waals surface area contributed by atoms with Crippen molar-refractivity contribution in [1.82, 2.24) is 0 Å². The van der Waals surface area contributed by atoms with E-state index in [1.807, 2.05) is 13.8 Å². The summed E-state index contributed by atoms with van der Waals surface area (Å²) in [6, 6.07) is 0. The van der Waals surface area contributed by atoms with Crippen molar-refractivity contribution in [2.24, 2.45) is 5.92 Å². The van der Waals surface area contributed by atoms with Crippen LogP contribution in [0, 0.1) is 5.92 Å². The van der Waals surface area contributed by atoms with Crippen molar-refractivity contribution in [3.63, 3.8) is 0 Å². The summed E-state index contributed by atoms with van der Waals surface area (Å²) in [4.78, 5) is 0. The van der Waals surface area contributed by atoms with E-state index in [2.05, 4.69) is 4.18 Å². The molecule has 1 rings (SSSR count). The summed E-state index contributed by atoms with van der Waals surface area (Å²) in [5.41, 5.74) is 0. The zero-order valence-electron chi connectivity index (χ0n) is 12.1. The van der Waals surface area contributed by atoms with Crippen molar-refractivity contribution < 1.29 is 71.5 Å². The summed E-state index contributed by atoms with van der Waals surface area (Å²) >= 11 is 0. The van der Waals surface area contributed by atoms with Crippen molar-refractivity contribution in [3.05, 3.63) is 0 Å². The molecule has 0 amide bonds. The molecule has 0 unspecified atom stereocenters. The Morgan fingerprint density at radius 3 is 2.24 bits per heavy atom. The number of hydrogen-bond donors (Lipinski definition) is 3. The third-order valence-electron chi connectivity index (χ3n) is 2.64. The molecule has 0 radical (unpaired) electrons. The maximum Gasteiger partial charge on any atom is 1.00 e. The molecular weight excluding hydrogens is 319 g/mol. The van der Waals surface area contributed by atoms with E-state index >= 15 is 0 Å². The molecule has 120 valence electrons. The summed E-state index contributed by atoms with van der Waals surface area (Å²) in [5.74, 6) is 0.131. The minimum absolute atomic E-state index is 0. The first kappa shape index (κ1) is 21.7. The maximum absolute atomic E-state index is 10.4. The molecule has 5 atom stereocenters. The smallest absolute Gasteiger partial charge is 0.726 e. The van der Waals surface area contributed by atoms with Crippen LogP contribution in [0.3, 0.4) is 0 Å². The van der Waals surface area contributed by atoms with Crippen LogP contribution < -0.4 is 29.6 Å². The van der Waals surface area contributed by atoms with Gasteiger partial charge in [0.15, 0.2) is 6.29 Å². The summed E-state index contributed by atoms with van der Waals surface area (Å²) in [7, 11) is -4.95. The van der Waals surface area contributed by atoms with Crippen LogP contribution >= 0.6 is 0 Å². The molecule has 0 aromatic carbocycles. The predicted octanol–water partition coefficient (Wildman–Crippen LogP) is -5.05. The first-order valence-corrected chi connectivity index (χ1v) is 7.36. The quantitative estimate of drug-likeness (QED) is 0.246. The van der Waals surface area contributed by atoms with E-state index in [0.29, 0.717) is 0 Å². The Morgan fingerprint density at radius 1 is 1.19 bits per heavy atom. The van der Waals surface area contributed by atoms with Gasteiger partial charge in [0.05, 0.1) is 13.2 Å². The third-order valence-corrected chi connectivity index (χ3v) is 3.06. The summed E-state index contributed by atoms with van der Waals surface area (Å²) < 4.78 is 45.4. The average Bonchev–Trinajstić information content (AvgIpc) is 2.32. The Kier molecular flexibility index (Phi) is 9.37. The van der Waals surface area contributed by atoms with E-state index in [9.17, 15) is 28.3 Å². The topological polar surface area (TPSA) is 146 Å². The zero-order chi connectivity index (χ0) is 15.5. The van der Waals surface area contributed by atoms with Gasteiger partial charge in [0.2, 0.25) is 10.4 Å². The van der Waals surface area contributed by atoms with Gasteiger partial charge in [-0.2, -0.15) is 0 Å². The Bertz CT molecular complexity index is 401. The molecular formula is C10H19NaO9S. The molecule has 1 heterocycles. The largest absolute Gasteiger partial charge is 1.00 e. The fraction of sp³-hybridized carbons (Fsp3) is 1.00. The molecule has 0 aromatic heterocycles. The molecule has 3 N–H and O–H groups in total. The minimum atomic E-state index is -4.95. The van der Waals surface area contributed by atoms with Gasteiger partial charge < -0.3 is 29.3 Å². The summed E-state index contributed by atoms with van der Waals surface area (Å²) in [6.07, 6.45) is -7.27. The Labute approximate surface area is 145 Å². The molecule has 1 aliphatic heterocycles. The molecule has 0 aromatic rings. The Hall–Kier alpha value is 0.670. The van der Waals surface area contributed by atoms with Gasteiger partial charge in [-0.25, -0.2) is 8.42 Å². The molecule has 0 aliphatic carbocycles. The number of aliphatic hydroxyl groups excluding tert-OH is 3. The van der Waals surface area contributed by atoms with Gasteiger partial charge >= 0.3 is 29.6 Å². The van der Waals surface area contributed by atoms with Crippen molar-refractivity contribution in [2.45, 2.75) is 44.6 Å². The average molecular weight is 338 g/mol. The van der Waals surface area contributed by atoms with Crippen LogP contribution in [-0.2, 0) is 24.1 Å². The van der Waals surface area contributed by atoms with Crippen LogP contribution in [-0.4, -0.2) is 72.2 Å². The number of aliphatic hydroxyl groups is 3. The van der Waals surface area contributed by atoms with E-state index in [0.717, 1.165) is 0 Å². The first-order valence-electron chi connectivity index (χ1n) is 6.03. The van der Waals surface area contributed by atoms with Crippen LogP contribution in [0.4, 0.5) is 0 Å².